The van der Waals surface area contributed by atoms with Crippen LogP contribution in [-0.4, -0.2) is 31.4 Å². The highest BCUT2D eigenvalue weighted by Crippen LogP contribution is 2.39. The van der Waals surface area contributed by atoms with Crippen molar-refractivity contribution in [2.75, 3.05) is 14.2 Å². The van der Waals surface area contributed by atoms with Crippen molar-refractivity contribution in [2.45, 2.75) is 37.9 Å². The van der Waals surface area contributed by atoms with Gasteiger partial charge in [-0.2, -0.15) is 0 Å². The summed E-state index contributed by atoms with van der Waals surface area (Å²) >= 11 is 6.14. The SMILES string of the molecule is COC(=O)C(O)c1cc(Cl)c(OC)c(OC2CCCC2)c1. The van der Waals surface area contributed by atoms with Crippen LogP contribution in [0.4, 0.5) is 0 Å². The number of carbonyl (C=O) groups is 1. The molecule has 0 amide bonds. The summed E-state index contributed by atoms with van der Waals surface area (Å²) in [6.45, 7) is 0. The van der Waals surface area contributed by atoms with Crippen LogP contribution in [0.1, 0.15) is 37.4 Å². The first kappa shape index (κ1) is 15.9. The van der Waals surface area contributed by atoms with E-state index in [1.165, 1.54) is 20.3 Å². The van der Waals surface area contributed by atoms with E-state index in [4.69, 9.17) is 21.1 Å². The summed E-state index contributed by atoms with van der Waals surface area (Å²) in [5, 5.41) is 10.2. The maximum atomic E-state index is 11.4. The fraction of sp³-hybridized carbons (Fsp3) is 0.533. The summed E-state index contributed by atoms with van der Waals surface area (Å²) in [4.78, 5) is 11.4. The molecule has 21 heavy (non-hydrogen) atoms. The van der Waals surface area contributed by atoms with E-state index < -0.39 is 12.1 Å². The third kappa shape index (κ3) is 3.60. The number of hydrogen-bond acceptors (Lipinski definition) is 5. The molecule has 0 spiro atoms. The van der Waals surface area contributed by atoms with Crippen LogP contribution in [0.3, 0.4) is 0 Å². The molecule has 1 saturated carbocycles. The summed E-state index contributed by atoms with van der Waals surface area (Å²) in [7, 11) is 2.71. The number of carbonyl (C=O) groups excluding carboxylic acids is 1. The van der Waals surface area contributed by atoms with Crippen molar-refractivity contribution in [1.29, 1.82) is 0 Å². The summed E-state index contributed by atoms with van der Waals surface area (Å²) in [6, 6.07) is 3.05. The van der Waals surface area contributed by atoms with E-state index in [1.807, 2.05) is 0 Å². The molecule has 2 rings (SSSR count). The van der Waals surface area contributed by atoms with E-state index in [1.54, 1.807) is 6.07 Å². The minimum atomic E-state index is -1.40. The first-order valence-electron chi connectivity index (χ1n) is 6.86. The van der Waals surface area contributed by atoms with Crippen LogP contribution in [-0.2, 0) is 9.53 Å². The molecular weight excluding hydrogens is 296 g/mol. The topological polar surface area (TPSA) is 65.0 Å². The summed E-state index contributed by atoms with van der Waals surface area (Å²) in [5.41, 5.74) is 0.320. The number of esters is 1. The molecule has 0 radical (unpaired) electrons. The van der Waals surface area contributed by atoms with Gasteiger partial charge in [0.25, 0.3) is 0 Å². The Hall–Kier alpha value is -1.46. The molecule has 0 aromatic heterocycles. The molecule has 1 aliphatic carbocycles. The minimum absolute atomic E-state index is 0.112. The highest BCUT2D eigenvalue weighted by molar-refractivity contribution is 6.32. The van der Waals surface area contributed by atoms with Gasteiger partial charge in [0.1, 0.15) is 0 Å². The quantitative estimate of drug-likeness (QED) is 0.847. The van der Waals surface area contributed by atoms with Crippen LogP contribution >= 0.6 is 11.6 Å². The molecular formula is C15H19ClO5. The molecule has 1 fully saturated rings. The van der Waals surface area contributed by atoms with Crippen molar-refractivity contribution in [2.24, 2.45) is 0 Å². The number of rotatable bonds is 5. The molecule has 1 N–H and O–H groups in total. The zero-order valence-electron chi connectivity index (χ0n) is 12.1. The molecule has 1 atom stereocenters. The van der Waals surface area contributed by atoms with Crippen LogP contribution < -0.4 is 9.47 Å². The molecule has 0 aliphatic heterocycles. The van der Waals surface area contributed by atoms with E-state index in [9.17, 15) is 9.90 Å². The van der Waals surface area contributed by atoms with Crippen molar-refractivity contribution in [3.05, 3.63) is 22.7 Å². The molecule has 1 aromatic carbocycles. The fourth-order valence-corrected chi connectivity index (χ4v) is 2.76. The lowest BCUT2D eigenvalue weighted by Gasteiger charge is -2.19. The molecule has 116 valence electrons. The monoisotopic (exact) mass is 314 g/mol. The summed E-state index contributed by atoms with van der Waals surface area (Å²) in [5.74, 6) is 0.0993. The Morgan fingerprint density at radius 2 is 2.00 bits per heavy atom. The number of methoxy groups -OCH3 is 2. The van der Waals surface area contributed by atoms with Gasteiger partial charge in [-0.15, -0.1) is 0 Å². The molecule has 1 aromatic rings. The smallest absolute Gasteiger partial charge is 0.339 e. The van der Waals surface area contributed by atoms with Gasteiger partial charge in [-0.25, -0.2) is 4.79 Å². The molecule has 1 aliphatic rings. The lowest BCUT2D eigenvalue weighted by Crippen LogP contribution is -2.15. The van der Waals surface area contributed by atoms with Gasteiger partial charge in [0.2, 0.25) is 0 Å². The van der Waals surface area contributed by atoms with E-state index in [-0.39, 0.29) is 11.1 Å². The van der Waals surface area contributed by atoms with Gasteiger partial charge >= 0.3 is 5.97 Å². The number of halogens is 1. The predicted molar refractivity (Wildman–Crippen MR) is 77.9 cm³/mol. The highest BCUT2D eigenvalue weighted by atomic mass is 35.5. The van der Waals surface area contributed by atoms with Crippen LogP contribution in [0.5, 0.6) is 11.5 Å². The molecule has 0 bridgehead atoms. The Bertz CT molecular complexity index is 511. The van der Waals surface area contributed by atoms with Crippen molar-refractivity contribution in [1.82, 2.24) is 0 Å². The zero-order chi connectivity index (χ0) is 15.4. The second-order valence-corrected chi connectivity index (χ2v) is 5.39. The molecule has 5 nitrogen and oxygen atoms in total. The van der Waals surface area contributed by atoms with E-state index in [0.29, 0.717) is 17.1 Å². The van der Waals surface area contributed by atoms with Gasteiger partial charge in [-0.1, -0.05) is 11.6 Å². The molecule has 0 heterocycles. The van der Waals surface area contributed by atoms with Crippen LogP contribution in [0.2, 0.25) is 5.02 Å². The van der Waals surface area contributed by atoms with Crippen molar-refractivity contribution in [3.8, 4) is 11.5 Å². The van der Waals surface area contributed by atoms with Gasteiger partial charge < -0.3 is 19.3 Å². The van der Waals surface area contributed by atoms with E-state index in [2.05, 4.69) is 4.74 Å². The average Bonchev–Trinajstić information content (AvgIpc) is 2.98. The minimum Gasteiger partial charge on any atom is -0.491 e. The van der Waals surface area contributed by atoms with Gasteiger partial charge in [-0.05, 0) is 43.4 Å². The Labute approximate surface area is 128 Å². The van der Waals surface area contributed by atoms with Crippen LogP contribution in [0.25, 0.3) is 0 Å². The molecule has 0 saturated heterocycles. The van der Waals surface area contributed by atoms with Gasteiger partial charge in [0, 0.05) is 0 Å². The van der Waals surface area contributed by atoms with Gasteiger partial charge in [0.05, 0.1) is 25.3 Å². The third-order valence-electron chi connectivity index (χ3n) is 3.57. The lowest BCUT2D eigenvalue weighted by molar-refractivity contribution is -0.150. The van der Waals surface area contributed by atoms with Gasteiger partial charge in [0.15, 0.2) is 17.6 Å². The summed E-state index contributed by atoms with van der Waals surface area (Å²) < 4.78 is 15.7. The Morgan fingerprint density at radius 1 is 1.33 bits per heavy atom. The van der Waals surface area contributed by atoms with E-state index >= 15 is 0 Å². The molecule has 6 heteroatoms. The third-order valence-corrected chi connectivity index (χ3v) is 3.85. The Morgan fingerprint density at radius 3 is 2.57 bits per heavy atom. The predicted octanol–water partition coefficient (Wildman–Crippen LogP) is 2.88. The number of aliphatic hydroxyl groups excluding tert-OH is 1. The first-order chi connectivity index (χ1) is 10.1. The normalized spacial score (nSPS) is 16.6. The second-order valence-electron chi connectivity index (χ2n) is 4.98. The zero-order valence-corrected chi connectivity index (χ0v) is 12.9. The largest absolute Gasteiger partial charge is 0.491 e. The summed E-state index contributed by atoms with van der Waals surface area (Å²) in [6.07, 6.45) is 2.93. The first-order valence-corrected chi connectivity index (χ1v) is 7.24. The number of ether oxygens (including phenoxy) is 3. The fourth-order valence-electron chi connectivity index (χ4n) is 2.47. The number of benzene rings is 1. The maximum absolute atomic E-state index is 11.4. The van der Waals surface area contributed by atoms with Gasteiger partial charge in [-0.3, -0.25) is 0 Å². The average molecular weight is 315 g/mol. The van der Waals surface area contributed by atoms with Crippen molar-refractivity contribution in [3.63, 3.8) is 0 Å². The Balaban J connectivity index is 2.31. The Kier molecular flexibility index (Phi) is 5.31. The van der Waals surface area contributed by atoms with Crippen molar-refractivity contribution >= 4 is 17.6 Å². The molecule has 1 unspecified atom stereocenters. The van der Waals surface area contributed by atoms with Crippen LogP contribution in [0, 0.1) is 0 Å². The number of hydrogen-bond donors (Lipinski definition) is 1. The second kappa shape index (κ2) is 7.00. The van der Waals surface area contributed by atoms with Crippen LogP contribution in [0.15, 0.2) is 12.1 Å². The standard InChI is InChI=1S/C15H19ClO5/c1-19-14-11(16)7-9(13(17)15(18)20-2)8-12(14)21-10-5-3-4-6-10/h7-8,10,13,17H,3-6H2,1-2H3. The van der Waals surface area contributed by atoms with Crippen molar-refractivity contribution < 1.29 is 24.1 Å². The maximum Gasteiger partial charge on any atom is 0.339 e. The number of aliphatic hydroxyl groups is 1. The highest BCUT2D eigenvalue weighted by Gasteiger charge is 2.24. The van der Waals surface area contributed by atoms with E-state index in [0.717, 1.165) is 25.7 Å². The lowest BCUT2D eigenvalue weighted by atomic mass is 10.1.